The Morgan fingerprint density at radius 1 is 1.06 bits per heavy atom. The Bertz CT molecular complexity index is 1250. The van der Waals surface area contributed by atoms with Gasteiger partial charge >= 0.3 is 6.09 Å². The molecular formula is C23H22ClF3N2O5S. The minimum absolute atomic E-state index is 0.00975. The predicted molar refractivity (Wildman–Crippen MR) is 121 cm³/mol. The molecule has 2 saturated carbocycles. The number of halogens is 4. The van der Waals surface area contributed by atoms with E-state index in [1.54, 1.807) is 0 Å². The number of benzene rings is 2. The van der Waals surface area contributed by atoms with Gasteiger partial charge in [0, 0.05) is 23.4 Å². The lowest BCUT2D eigenvalue weighted by molar-refractivity contribution is 0.102. The van der Waals surface area contributed by atoms with Crippen molar-refractivity contribution in [2.24, 2.45) is 23.5 Å². The van der Waals surface area contributed by atoms with Crippen molar-refractivity contribution in [2.45, 2.75) is 35.8 Å². The van der Waals surface area contributed by atoms with Crippen LogP contribution >= 0.6 is 11.6 Å². The second-order valence-electron chi connectivity index (χ2n) is 8.93. The largest absolute Gasteiger partial charge is 0.449 e. The zero-order valence-electron chi connectivity index (χ0n) is 18.3. The first-order valence-corrected chi connectivity index (χ1v) is 12.8. The molecule has 188 valence electrons. The molecule has 2 aromatic rings. The first kappa shape index (κ1) is 25.3. The molecule has 0 aliphatic heterocycles. The van der Waals surface area contributed by atoms with Crippen molar-refractivity contribution in [1.29, 1.82) is 0 Å². The third-order valence-electron chi connectivity index (χ3n) is 6.67. The molecule has 2 fully saturated rings. The minimum atomic E-state index is -3.95. The summed E-state index contributed by atoms with van der Waals surface area (Å²) in [5.41, 5.74) is 4.60. The molecule has 2 amide bonds. The molecule has 3 N–H and O–H groups in total. The molecule has 2 bridgehead atoms. The van der Waals surface area contributed by atoms with Crippen LogP contribution in [0.4, 0.5) is 23.7 Å². The van der Waals surface area contributed by atoms with Gasteiger partial charge in [0.05, 0.1) is 21.8 Å². The van der Waals surface area contributed by atoms with Gasteiger partial charge in [-0.1, -0.05) is 11.6 Å². The summed E-state index contributed by atoms with van der Waals surface area (Å²) in [4.78, 5) is 23.4. The predicted octanol–water partition coefficient (Wildman–Crippen LogP) is 4.68. The Morgan fingerprint density at radius 3 is 2.23 bits per heavy atom. The lowest BCUT2D eigenvalue weighted by Gasteiger charge is -2.34. The molecule has 3 unspecified atom stereocenters. The van der Waals surface area contributed by atoms with Gasteiger partial charge in [-0.25, -0.2) is 26.4 Å². The molecule has 0 spiro atoms. The zero-order valence-corrected chi connectivity index (χ0v) is 19.8. The fourth-order valence-corrected chi connectivity index (χ4v) is 8.15. The Morgan fingerprint density at radius 2 is 1.66 bits per heavy atom. The smallest absolute Gasteiger partial charge is 0.404 e. The first-order valence-electron chi connectivity index (χ1n) is 10.9. The number of ether oxygens (including phenoxy) is 1. The number of nitrogens with one attached hydrogen (secondary N) is 1. The maximum Gasteiger partial charge on any atom is 0.404 e. The number of carbonyl (C=O) groups is 2. The van der Waals surface area contributed by atoms with Crippen LogP contribution in [0.15, 0.2) is 35.2 Å². The van der Waals surface area contributed by atoms with Gasteiger partial charge in [0.15, 0.2) is 27.3 Å². The molecule has 2 aliphatic carbocycles. The standard InChI is InChI=1S/C23H22ClF3N2O5S/c24-16-4-3-14(22(30)29-15-8-17(25)20(27)18(26)9-15)7-19(16)35(32,33)21-12-1-2-13(21)6-11(5-12)10-34-23(28)31/h3-4,7-9,11-13,21H,1-2,5-6,10H2,(H2,28,31)(H,29,30)/t11?,12-,13?,21?/m0/s1. The van der Waals surface area contributed by atoms with Crippen LogP contribution in [0.25, 0.3) is 0 Å². The summed E-state index contributed by atoms with van der Waals surface area (Å²) >= 11 is 6.23. The molecule has 0 saturated heterocycles. The first-order chi connectivity index (χ1) is 16.5. The number of anilines is 1. The molecule has 7 nitrogen and oxygen atoms in total. The van der Waals surface area contributed by atoms with Crippen molar-refractivity contribution in [2.75, 3.05) is 11.9 Å². The van der Waals surface area contributed by atoms with Gasteiger partial charge in [-0.15, -0.1) is 0 Å². The van der Waals surface area contributed by atoms with Crippen LogP contribution in [0.3, 0.4) is 0 Å². The van der Waals surface area contributed by atoms with E-state index in [1.807, 2.05) is 0 Å². The van der Waals surface area contributed by atoms with Crippen LogP contribution in [0.1, 0.15) is 36.0 Å². The number of amides is 2. The second-order valence-corrected chi connectivity index (χ2v) is 11.4. The Kier molecular flexibility index (Phi) is 7.01. The van der Waals surface area contributed by atoms with Gasteiger partial charge in [-0.3, -0.25) is 4.79 Å². The monoisotopic (exact) mass is 530 g/mol. The molecule has 2 aromatic carbocycles. The van der Waals surface area contributed by atoms with Crippen LogP contribution < -0.4 is 11.1 Å². The highest BCUT2D eigenvalue weighted by molar-refractivity contribution is 7.92. The van der Waals surface area contributed by atoms with Gasteiger partial charge in [0.25, 0.3) is 5.91 Å². The molecule has 4 atom stereocenters. The van der Waals surface area contributed by atoms with Crippen molar-refractivity contribution < 1.29 is 35.9 Å². The number of rotatable bonds is 6. The zero-order chi connectivity index (χ0) is 25.5. The third kappa shape index (κ3) is 5.11. The molecule has 2 aliphatic rings. The number of hydrogen-bond donors (Lipinski definition) is 2. The van der Waals surface area contributed by atoms with Gasteiger partial charge in [-0.2, -0.15) is 0 Å². The highest BCUT2D eigenvalue weighted by Gasteiger charge is 2.50. The van der Waals surface area contributed by atoms with E-state index in [0.29, 0.717) is 37.8 Å². The molecule has 4 rings (SSSR count). The summed E-state index contributed by atoms with van der Waals surface area (Å²) in [5.74, 6) is -5.81. The number of sulfone groups is 1. The van der Waals surface area contributed by atoms with Crippen molar-refractivity contribution in [3.8, 4) is 0 Å². The lowest BCUT2D eigenvalue weighted by atomic mass is 9.81. The van der Waals surface area contributed by atoms with Gasteiger partial charge < -0.3 is 15.8 Å². The van der Waals surface area contributed by atoms with E-state index in [1.165, 1.54) is 12.1 Å². The van der Waals surface area contributed by atoms with E-state index < -0.39 is 44.5 Å². The van der Waals surface area contributed by atoms with E-state index in [-0.39, 0.29) is 45.5 Å². The van der Waals surface area contributed by atoms with Gasteiger partial charge in [0.1, 0.15) is 0 Å². The summed E-state index contributed by atoms with van der Waals surface area (Å²) in [5, 5.41) is 1.47. The van der Waals surface area contributed by atoms with Crippen LogP contribution in [0.5, 0.6) is 0 Å². The number of hydrogen-bond acceptors (Lipinski definition) is 5. The molecule has 12 heteroatoms. The van der Waals surface area contributed by atoms with Crippen molar-refractivity contribution in [1.82, 2.24) is 0 Å². The van der Waals surface area contributed by atoms with E-state index >= 15 is 0 Å². The maximum absolute atomic E-state index is 13.6. The van der Waals surface area contributed by atoms with Crippen molar-refractivity contribution >= 4 is 39.1 Å². The topological polar surface area (TPSA) is 116 Å². The summed E-state index contributed by atoms with van der Waals surface area (Å²) in [6.45, 7) is 0.135. The fourth-order valence-electron chi connectivity index (χ4n) is 5.28. The SMILES string of the molecule is NC(=O)OCC1CC2CC[C@@H](C1)C2S(=O)(=O)c1cc(C(=O)Nc2cc(F)c(F)c(F)c2)ccc1Cl. The Labute approximate surface area is 204 Å². The van der Waals surface area contributed by atoms with E-state index in [9.17, 15) is 31.2 Å². The number of fused-ring (bicyclic) bond motifs is 2. The highest BCUT2D eigenvalue weighted by atomic mass is 35.5. The van der Waals surface area contributed by atoms with Crippen LogP contribution in [-0.2, 0) is 14.6 Å². The molecule has 0 heterocycles. The molecule has 35 heavy (non-hydrogen) atoms. The third-order valence-corrected chi connectivity index (χ3v) is 9.55. The van der Waals surface area contributed by atoms with E-state index in [0.717, 1.165) is 6.07 Å². The van der Waals surface area contributed by atoms with Gasteiger partial charge in [-0.05, 0) is 61.6 Å². The summed E-state index contributed by atoms with van der Waals surface area (Å²) in [6, 6.07) is 4.90. The molecule has 0 aromatic heterocycles. The normalized spacial score (nSPS) is 23.7. The quantitative estimate of drug-likeness (QED) is 0.526. The minimum Gasteiger partial charge on any atom is -0.449 e. The maximum atomic E-state index is 13.6. The van der Waals surface area contributed by atoms with Crippen LogP contribution in [-0.4, -0.2) is 32.3 Å². The number of primary amides is 1. The average Bonchev–Trinajstić information content (AvgIpc) is 3.07. The molecule has 0 radical (unpaired) electrons. The summed E-state index contributed by atoms with van der Waals surface area (Å²) in [7, 11) is -3.95. The average molecular weight is 531 g/mol. The highest BCUT2D eigenvalue weighted by Crippen LogP contribution is 2.50. The van der Waals surface area contributed by atoms with Crippen LogP contribution in [0, 0.1) is 35.2 Å². The second kappa shape index (κ2) is 9.69. The fraction of sp³-hybridized carbons (Fsp3) is 0.391. The summed E-state index contributed by atoms with van der Waals surface area (Å²) < 4.78 is 72.3. The number of nitrogens with two attached hydrogens (primary N) is 1. The summed E-state index contributed by atoms with van der Waals surface area (Å²) in [6.07, 6.45) is 1.61. The Balaban J connectivity index is 1.56. The van der Waals surface area contributed by atoms with Crippen LogP contribution in [0.2, 0.25) is 5.02 Å². The van der Waals surface area contributed by atoms with Gasteiger partial charge in [0.2, 0.25) is 0 Å². The Hall–Kier alpha value is -2.79. The number of carbonyl (C=O) groups excluding carboxylic acids is 2. The van der Waals surface area contributed by atoms with Crippen molar-refractivity contribution in [3.05, 3.63) is 58.4 Å². The lowest BCUT2D eigenvalue weighted by Crippen LogP contribution is -2.39. The van der Waals surface area contributed by atoms with E-state index in [2.05, 4.69) is 5.32 Å². The molecular weight excluding hydrogens is 509 g/mol. The van der Waals surface area contributed by atoms with E-state index in [4.69, 9.17) is 22.1 Å². The van der Waals surface area contributed by atoms with Crippen molar-refractivity contribution in [3.63, 3.8) is 0 Å².